The number of hydrogen-bond acceptors (Lipinski definition) is 4. The summed E-state index contributed by atoms with van der Waals surface area (Å²) in [6.45, 7) is 0. The fourth-order valence-electron chi connectivity index (χ4n) is 1.16. The third-order valence-corrected chi connectivity index (χ3v) is 1.99. The van der Waals surface area contributed by atoms with Gasteiger partial charge in [0.25, 0.3) is 6.10 Å². The van der Waals surface area contributed by atoms with Crippen LogP contribution in [0.25, 0.3) is 0 Å². The van der Waals surface area contributed by atoms with E-state index >= 15 is 0 Å². The van der Waals surface area contributed by atoms with E-state index in [1.807, 2.05) is 0 Å². The minimum absolute atomic E-state index is 0.291. The number of pyridine rings is 1. The first-order valence-corrected chi connectivity index (χ1v) is 4.90. The lowest BCUT2D eigenvalue weighted by atomic mass is 10.2. The van der Waals surface area contributed by atoms with Crippen molar-refractivity contribution in [2.75, 3.05) is 7.11 Å². The minimum atomic E-state index is -5.67. The Labute approximate surface area is 108 Å². The Morgan fingerprint density at radius 2 is 1.75 bits per heavy atom. The highest BCUT2D eigenvalue weighted by atomic mass is 19.4. The second-order valence-electron chi connectivity index (χ2n) is 3.46. The number of carbonyl (C=O) groups is 1. The molecule has 0 spiro atoms. The summed E-state index contributed by atoms with van der Waals surface area (Å²) in [6.07, 6.45) is -14.5. The molecule has 0 N–H and O–H groups in total. The summed E-state index contributed by atoms with van der Waals surface area (Å²) in [7, 11) is 0.998. The number of rotatable bonds is 3. The average Bonchev–Trinajstić information content (AvgIpc) is 2.32. The van der Waals surface area contributed by atoms with Crippen molar-refractivity contribution in [1.82, 2.24) is 4.98 Å². The second-order valence-corrected chi connectivity index (χ2v) is 3.46. The molecule has 0 bridgehead atoms. The molecule has 20 heavy (non-hydrogen) atoms. The van der Waals surface area contributed by atoms with Gasteiger partial charge in [0.05, 0.1) is 12.7 Å². The largest absolute Gasteiger partial charge is 0.465 e. The van der Waals surface area contributed by atoms with Crippen LogP contribution in [0, 0.1) is 0 Å². The van der Waals surface area contributed by atoms with Crippen LogP contribution in [-0.2, 0) is 4.74 Å². The predicted molar refractivity (Wildman–Crippen MR) is 52.1 cm³/mol. The molecular formula is C10H7F6NO3. The maximum Gasteiger partial charge on any atom is 0.434 e. The van der Waals surface area contributed by atoms with E-state index in [1.165, 1.54) is 0 Å². The van der Waals surface area contributed by atoms with E-state index in [2.05, 4.69) is 14.5 Å². The molecule has 0 aliphatic heterocycles. The van der Waals surface area contributed by atoms with E-state index in [0.717, 1.165) is 19.4 Å². The van der Waals surface area contributed by atoms with Crippen LogP contribution in [0.4, 0.5) is 26.3 Å². The van der Waals surface area contributed by atoms with E-state index in [1.54, 1.807) is 0 Å². The van der Waals surface area contributed by atoms with Crippen LogP contribution in [-0.4, -0.2) is 36.5 Å². The minimum Gasteiger partial charge on any atom is -0.465 e. The zero-order valence-electron chi connectivity index (χ0n) is 9.75. The predicted octanol–water partition coefficient (Wildman–Crippen LogP) is 2.74. The summed E-state index contributed by atoms with van der Waals surface area (Å²) in [4.78, 5) is 14.3. The Morgan fingerprint density at radius 3 is 2.20 bits per heavy atom. The van der Waals surface area contributed by atoms with E-state index in [0.29, 0.717) is 6.07 Å². The summed E-state index contributed by atoms with van der Waals surface area (Å²) < 4.78 is 81.6. The lowest BCUT2D eigenvalue weighted by molar-refractivity contribution is -0.300. The fraction of sp³-hybridized carbons (Fsp3) is 0.400. The molecule has 0 unspecified atom stereocenters. The zero-order valence-corrected chi connectivity index (χ0v) is 9.75. The number of halogens is 6. The molecule has 1 aromatic heterocycles. The molecule has 0 atom stereocenters. The molecule has 0 aliphatic rings. The van der Waals surface area contributed by atoms with Crippen molar-refractivity contribution < 1.29 is 40.6 Å². The van der Waals surface area contributed by atoms with Crippen molar-refractivity contribution >= 4 is 5.97 Å². The molecular weight excluding hydrogens is 296 g/mol. The van der Waals surface area contributed by atoms with Gasteiger partial charge < -0.3 is 9.47 Å². The number of ether oxygens (including phenoxy) is 2. The Kier molecular flexibility index (Phi) is 4.46. The van der Waals surface area contributed by atoms with Gasteiger partial charge in [-0.25, -0.2) is 9.78 Å². The molecule has 0 saturated carbocycles. The molecule has 1 aromatic rings. The lowest BCUT2D eigenvalue weighted by Crippen LogP contribution is -2.46. The Hall–Kier alpha value is -2.00. The second kappa shape index (κ2) is 5.55. The molecule has 0 saturated heterocycles. The van der Waals surface area contributed by atoms with Gasteiger partial charge in [-0.3, -0.25) is 0 Å². The number of aromatic nitrogens is 1. The number of nitrogens with zero attached hydrogens (tertiary/aromatic N) is 1. The zero-order chi connectivity index (χ0) is 15.6. The van der Waals surface area contributed by atoms with Crippen LogP contribution < -0.4 is 4.74 Å². The van der Waals surface area contributed by atoms with Gasteiger partial charge in [0.15, 0.2) is 0 Å². The smallest absolute Gasteiger partial charge is 0.434 e. The fourth-order valence-corrected chi connectivity index (χ4v) is 1.16. The van der Waals surface area contributed by atoms with Crippen LogP contribution in [0.5, 0.6) is 5.88 Å². The van der Waals surface area contributed by atoms with E-state index in [9.17, 15) is 31.1 Å². The van der Waals surface area contributed by atoms with Gasteiger partial charge in [0, 0.05) is 12.3 Å². The summed E-state index contributed by atoms with van der Waals surface area (Å²) in [6, 6.07) is 1.67. The SMILES string of the molecule is COC(=O)c1ccnc(OC(C(F)(F)F)C(F)(F)F)c1. The third-order valence-electron chi connectivity index (χ3n) is 1.99. The average molecular weight is 303 g/mol. The Morgan fingerprint density at radius 1 is 1.20 bits per heavy atom. The maximum absolute atomic E-state index is 12.3. The van der Waals surface area contributed by atoms with Crippen LogP contribution in [0.3, 0.4) is 0 Å². The molecule has 0 aliphatic carbocycles. The van der Waals surface area contributed by atoms with Crippen molar-refractivity contribution in [1.29, 1.82) is 0 Å². The molecule has 10 heteroatoms. The van der Waals surface area contributed by atoms with Crippen LogP contribution >= 0.6 is 0 Å². The number of esters is 1. The first-order chi connectivity index (χ1) is 9.05. The van der Waals surface area contributed by atoms with Gasteiger partial charge in [0.2, 0.25) is 5.88 Å². The van der Waals surface area contributed by atoms with Crippen molar-refractivity contribution in [2.24, 2.45) is 0 Å². The number of carbonyl (C=O) groups excluding carboxylic acids is 1. The summed E-state index contributed by atoms with van der Waals surface area (Å²) in [5, 5.41) is 0. The van der Waals surface area contributed by atoms with E-state index in [4.69, 9.17) is 0 Å². The van der Waals surface area contributed by atoms with Gasteiger partial charge >= 0.3 is 18.3 Å². The van der Waals surface area contributed by atoms with Crippen molar-refractivity contribution in [3.63, 3.8) is 0 Å². The molecule has 0 fully saturated rings. The van der Waals surface area contributed by atoms with Gasteiger partial charge in [0.1, 0.15) is 0 Å². The molecule has 0 amide bonds. The first kappa shape index (κ1) is 16.1. The summed E-state index contributed by atoms with van der Waals surface area (Å²) in [5.74, 6) is -1.94. The quantitative estimate of drug-likeness (QED) is 0.636. The van der Waals surface area contributed by atoms with Crippen LogP contribution in [0.1, 0.15) is 10.4 Å². The highest BCUT2D eigenvalue weighted by molar-refractivity contribution is 5.89. The topological polar surface area (TPSA) is 48.4 Å². The normalized spacial score (nSPS) is 12.4. The van der Waals surface area contributed by atoms with Crippen molar-refractivity contribution in [3.8, 4) is 5.88 Å². The molecule has 0 aromatic carbocycles. The third kappa shape index (κ3) is 4.00. The number of alkyl halides is 6. The van der Waals surface area contributed by atoms with Gasteiger partial charge in [-0.1, -0.05) is 0 Å². The number of methoxy groups -OCH3 is 1. The van der Waals surface area contributed by atoms with Gasteiger partial charge in [-0.15, -0.1) is 0 Å². The molecule has 0 radical (unpaired) electrons. The highest BCUT2D eigenvalue weighted by Crippen LogP contribution is 2.36. The Balaban J connectivity index is 3.04. The lowest BCUT2D eigenvalue weighted by Gasteiger charge is -2.23. The van der Waals surface area contributed by atoms with E-state index < -0.39 is 30.3 Å². The van der Waals surface area contributed by atoms with Crippen LogP contribution in [0.2, 0.25) is 0 Å². The molecule has 1 heterocycles. The van der Waals surface area contributed by atoms with E-state index in [-0.39, 0.29) is 5.56 Å². The molecule has 1 rings (SSSR count). The van der Waals surface area contributed by atoms with Crippen molar-refractivity contribution in [2.45, 2.75) is 18.5 Å². The highest BCUT2D eigenvalue weighted by Gasteiger charge is 2.59. The first-order valence-electron chi connectivity index (χ1n) is 4.90. The monoisotopic (exact) mass is 303 g/mol. The maximum atomic E-state index is 12.3. The standard InChI is InChI=1S/C10H7F6NO3/c1-19-7(18)5-2-3-17-6(4-5)20-8(9(11,12)13)10(14,15)16/h2-4,8H,1H3. The number of hydrogen-bond donors (Lipinski definition) is 0. The molecule has 112 valence electrons. The summed E-state index contributed by atoms with van der Waals surface area (Å²) in [5.41, 5.74) is -0.291. The Bertz CT molecular complexity index is 471. The summed E-state index contributed by atoms with van der Waals surface area (Å²) >= 11 is 0. The van der Waals surface area contributed by atoms with Crippen LogP contribution in [0.15, 0.2) is 18.3 Å². The molecule has 4 nitrogen and oxygen atoms in total. The van der Waals surface area contributed by atoms with Crippen molar-refractivity contribution in [3.05, 3.63) is 23.9 Å². The van der Waals surface area contributed by atoms with Gasteiger partial charge in [-0.05, 0) is 6.07 Å². The van der Waals surface area contributed by atoms with Gasteiger partial charge in [-0.2, -0.15) is 26.3 Å².